The van der Waals surface area contributed by atoms with Crippen LogP contribution in [0.5, 0.6) is 0 Å². The van der Waals surface area contributed by atoms with Crippen LogP contribution in [0.15, 0.2) is 0 Å². The van der Waals surface area contributed by atoms with Crippen LogP contribution >= 0.6 is 0 Å². The Morgan fingerprint density at radius 2 is 1.18 bits per heavy atom. The minimum Gasteiger partial charge on any atom is -0.311 e. The highest BCUT2D eigenvalue weighted by Gasteiger charge is 2.22. The Balaban J connectivity index is 1.73. The van der Waals surface area contributed by atoms with Gasteiger partial charge in [-0.2, -0.15) is 0 Å². The van der Waals surface area contributed by atoms with Crippen LogP contribution in [-0.4, -0.2) is 12.1 Å². The molecule has 2 fully saturated rings. The molecule has 2 saturated carbocycles. The number of hydrogen-bond donors (Lipinski definition) is 1. The molecule has 2 aliphatic carbocycles. The summed E-state index contributed by atoms with van der Waals surface area (Å²) in [7, 11) is 0. The molecule has 0 aromatic rings. The maximum atomic E-state index is 3.96. The molecule has 0 radical (unpaired) electrons. The largest absolute Gasteiger partial charge is 0.311 e. The second-order valence-corrected chi connectivity index (χ2v) is 6.40. The lowest BCUT2D eigenvalue weighted by Crippen LogP contribution is -2.41. The lowest BCUT2D eigenvalue weighted by Gasteiger charge is -2.32. The van der Waals surface area contributed by atoms with Crippen molar-refractivity contribution >= 4 is 0 Å². The van der Waals surface area contributed by atoms with E-state index in [1.165, 1.54) is 77.0 Å². The van der Waals surface area contributed by atoms with Gasteiger partial charge in [-0.15, -0.1) is 0 Å². The molecule has 2 aliphatic rings. The smallest absolute Gasteiger partial charge is 0.00696 e. The summed E-state index contributed by atoms with van der Waals surface area (Å²) in [4.78, 5) is 0. The Labute approximate surface area is 108 Å². The van der Waals surface area contributed by atoms with Crippen LogP contribution in [-0.2, 0) is 0 Å². The maximum absolute atomic E-state index is 3.96. The van der Waals surface area contributed by atoms with E-state index in [2.05, 4.69) is 12.2 Å². The summed E-state index contributed by atoms with van der Waals surface area (Å²) in [6, 6.07) is 1.59. The zero-order valence-electron chi connectivity index (χ0n) is 11.7. The first-order valence-corrected chi connectivity index (χ1v) is 8.12. The molecule has 0 aliphatic heterocycles. The summed E-state index contributed by atoms with van der Waals surface area (Å²) in [5.74, 6) is 0.967. The van der Waals surface area contributed by atoms with Crippen molar-refractivity contribution in [3.63, 3.8) is 0 Å². The van der Waals surface area contributed by atoms with Crippen LogP contribution in [0.3, 0.4) is 0 Å². The maximum Gasteiger partial charge on any atom is 0.00696 e. The van der Waals surface area contributed by atoms with E-state index in [9.17, 15) is 0 Å². The molecule has 1 nitrogen and oxygen atoms in total. The summed E-state index contributed by atoms with van der Waals surface area (Å²) >= 11 is 0. The lowest BCUT2D eigenvalue weighted by atomic mass is 9.84. The third-order valence-electron chi connectivity index (χ3n) is 4.96. The number of hydrogen-bond acceptors (Lipinski definition) is 1. The molecule has 0 aromatic heterocycles. The SMILES string of the molecule is C[C@H](NC1CCCCCCC1)C1CCCCC1. The molecule has 0 heterocycles. The Hall–Kier alpha value is -0.0400. The molecular formula is C16H31N. The Kier molecular flexibility index (Phi) is 5.84. The molecule has 0 aromatic carbocycles. The van der Waals surface area contributed by atoms with Gasteiger partial charge in [0.1, 0.15) is 0 Å². The van der Waals surface area contributed by atoms with Crippen LogP contribution < -0.4 is 5.32 Å². The average molecular weight is 237 g/mol. The van der Waals surface area contributed by atoms with E-state index >= 15 is 0 Å². The Morgan fingerprint density at radius 3 is 1.82 bits per heavy atom. The van der Waals surface area contributed by atoms with E-state index in [1.807, 2.05) is 0 Å². The van der Waals surface area contributed by atoms with E-state index in [4.69, 9.17) is 0 Å². The van der Waals surface area contributed by atoms with Gasteiger partial charge in [0.15, 0.2) is 0 Å². The molecule has 17 heavy (non-hydrogen) atoms. The quantitative estimate of drug-likeness (QED) is 0.753. The molecule has 0 spiro atoms. The Bertz CT molecular complexity index is 188. The predicted octanol–water partition coefficient (Wildman–Crippen LogP) is 4.66. The van der Waals surface area contributed by atoms with Crippen molar-refractivity contribution in [3.8, 4) is 0 Å². The van der Waals surface area contributed by atoms with Crippen LogP contribution in [0.4, 0.5) is 0 Å². The minimum absolute atomic E-state index is 0.764. The van der Waals surface area contributed by atoms with Crippen molar-refractivity contribution in [2.24, 2.45) is 5.92 Å². The molecule has 100 valence electrons. The monoisotopic (exact) mass is 237 g/mol. The highest BCUT2D eigenvalue weighted by atomic mass is 14.9. The van der Waals surface area contributed by atoms with Crippen LogP contribution in [0.25, 0.3) is 0 Å². The van der Waals surface area contributed by atoms with Crippen molar-refractivity contribution in [2.75, 3.05) is 0 Å². The van der Waals surface area contributed by atoms with Crippen molar-refractivity contribution in [2.45, 2.75) is 96.1 Å². The summed E-state index contributed by atoms with van der Waals surface area (Å²) in [6.07, 6.45) is 17.5. The zero-order valence-corrected chi connectivity index (χ0v) is 11.7. The standard InChI is InChI=1S/C16H31N/c1-14(15-10-6-5-7-11-15)17-16-12-8-3-2-4-9-13-16/h14-17H,2-13H2,1H3/t14-/m0/s1. The first kappa shape index (κ1) is 13.4. The van der Waals surface area contributed by atoms with Gasteiger partial charge in [0.05, 0.1) is 0 Å². The van der Waals surface area contributed by atoms with Crippen molar-refractivity contribution < 1.29 is 0 Å². The van der Waals surface area contributed by atoms with Gasteiger partial charge >= 0.3 is 0 Å². The highest BCUT2D eigenvalue weighted by molar-refractivity contribution is 4.80. The molecule has 1 heteroatoms. The van der Waals surface area contributed by atoms with Crippen LogP contribution in [0.2, 0.25) is 0 Å². The predicted molar refractivity (Wildman–Crippen MR) is 75.3 cm³/mol. The van der Waals surface area contributed by atoms with Crippen molar-refractivity contribution in [3.05, 3.63) is 0 Å². The van der Waals surface area contributed by atoms with Gasteiger partial charge in [0, 0.05) is 12.1 Å². The molecule has 0 bridgehead atoms. The normalized spacial score (nSPS) is 27.4. The van der Waals surface area contributed by atoms with Gasteiger partial charge in [-0.1, -0.05) is 51.4 Å². The van der Waals surface area contributed by atoms with E-state index in [-0.39, 0.29) is 0 Å². The van der Waals surface area contributed by atoms with Gasteiger partial charge in [0.2, 0.25) is 0 Å². The molecule has 0 amide bonds. The second-order valence-electron chi connectivity index (χ2n) is 6.40. The van der Waals surface area contributed by atoms with Gasteiger partial charge in [-0.3, -0.25) is 0 Å². The van der Waals surface area contributed by atoms with Crippen LogP contribution in [0, 0.1) is 5.92 Å². The van der Waals surface area contributed by atoms with E-state index < -0.39 is 0 Å². The van der Waals surface area contributed by atoms with E-state index in [0.29, 0.717) is 0 Å². The van der Waals surface area contributed by atoms with E-state index in [1.54, 1.807) is 0 Å². The van der Waals surface area contributed by atoms with E-state index in [0.717, 1.165) is 18.0 Å². The number of nitrogens with one attached hydrogen (secondary N) is 1. The molecule has 0 unspecified atom stereocenters. The molecule has 2 rings (SSSR count). The van der Waals surface area contributed by atoms with Gasteiger partial charge in [-0.05, 0) is 38.5 Å². The fourth-order valence-electron chi connectivity index (χ4n) is 3.76. The molecule has 1 N–H and O–H groups in total. The summed E-state index contributed by atoms with van der Waals surface area (Å²) in [5, 5.41) is 3.96. The summed E-state index contributed by atoms with van der Waals surface area (Å²) in [5.41, 5.74) is 0. The molecular weight excluding hydrogens is 206 g/mol. The first-order chi connectivity index (χ1) is 8.36. The van der Waals surface area contributed by atoms with Gasteiger partial charge in [0.25, 0.3) is 0 Å². The first-order valence-electron chi connectivity index (χ1n) is 8.12. The number of rotatable bonds is 3. The van der Waals surface area contributed by atoms with Crippen LogP contribution in [0.1, 0.15) is 84.0 Å². The summed E-state index contributed by atoms with van der Waals surface area (Å²) < 4.78 is 0. The summed E-state index contributed by atoms with van der Waals surface area (Å²) in [6.45, 7) is 2.44. The van der Waals surface area contributed by atoms with Gasteiger partial charge < -0.3 is 5.32 Å². The fraction of sp³-hybridized carbons (Fsp3) is 1.00. The fourth-order valence-corrected chi connectivity index (χ4v) is 3.76. The van der Waals surface area contributed by atoms with Crippen molar-refractivity contribution in [1.82, 2.24) is 5.32 Å². The zero-order chi connectivity index (χ0) is 11.9. The highest BCUT2D eigenvalue weighted by Crippen LogP contribution is 2.27. The molecule has 0 saturated heterocycles. The average Bonchev–Trinajstić information content (AvgIpc) is 2.33. The van der Waals surface area contributed by atoms with Crippen molar-refractivity contribution in [1.29, 1.82) is 0 Å². The minimum atomic E-state index is 0.764. The molecule has 1 atom stereocenters. The Morgan fingerprint density at radius 1 is 0.706 bits per heavy atom. The second kappa shape index (κ2) is 7.41. The third-order valence-corrected chi connectivity index (χ3v) is 4.96. The third kappa shape index (κ3) is 4.62. The topological polar surface area (TPSA) is 12.0 Å². The lowest BCUT2D eigenvalue weighted by molar-refractivity contribution is 0.249. The van der Waals surface area contributed by atoms with Gasteiger partial charge in [-0.25, -0.2) is 0 Å².